The molecule has 7 nitrogen and oxygen atoms in total. The minimum Gasteiger partial charge on any atom is -0.294 e. The summed E-state index contributed by atoms with van der Waals surface area (Å²) < 4.78 is 0. The van der Waals surface area contributed by atoms with Crippen LogP contribution in [0.4, 0.5) is 0 Å². The third kappa shape index (κ3) is 3.63. The van der Waals surface area contributed by atoms with Gasteiger partial charge in [-0.25, -0.2) is 16.7 Å². The number of carbonyl (C=O) groups is 3. The molecular weight excluding hydrogens is 176 g/mol. The molecule has 0 aromatic heterocycles. The molecule has 0 atom stereocenters. The molecule has 0 saturated heterocycles. The van der Waals surface area contributed by atoms with E-state index in [1.807, 2.05) is 0 Å². The maximum absolute atomic E-state index is 11.0. The van der Waals surface area contributed by atoms with Gasteiger partial charge in [-0.2, -0.15) is 0 Å². The maximum Gasteiger partial charge on any atom is 0.253 e. The van der Waals surface area contributed by atoms with Crippen LogP contribution in [0.1, 0.15) is 19.8 Å². The van der Waals surface area contributed by atoms with Crippen LogP contribution < -0.4 is 17.1 Å². The summed E-state index contributed by atoms with van der Waals surface area (Å²) >= 11 is 0. The second-order valence-corrected chi connectivity index (χ2v) is 2.26. The Morgan fingerprint density at radius 3 is 2.23 bits per heavy atom. The van der Waals surface area contributed by atoms with Gasteiger partial charge in [-0.15, -0.1) is 0 Å². The van der Waals surface area contributed by atoms with Crippen LogP contribution in [0.3, 0.4) is 0 Å². The Morgan fingerprint density at radius 2 is 1.85 bits per heavy atom. The van der Waals surface area contributed by atoms with Crippen molar-refractivity contribution < 1.29 is 14.4 Å². The standard InChI is InChI=1S/C6H12N4O3/c1-2-5(12)10(8)6(13)3-4(11)9-7/h2-3,7-8H2,1H3,(H,9,11). The predicted molar refractivity (Wildman–Crippen MR) is 43.3 cm³/mol. The number of hydrogen-bond donors (Lipinski definition) is 3. The highest BCUT2D eigenvalue weighted by Gasteiger charge is 2.18. The molecule has 0 radical (unpaired) electrons. The number of nitrogens with two attached hydrogens (primary N) is 2. The zero-order chi connectivity index (χ0) is 10.4. The van der Waals surface area contributed by atoms with Gasteiger partial charge < -0.3 is 0 Å². The molecule has 0 spiro atoms. The number of nitrogens with zero attached hydrogens (tertiary/aromatic N) is 1. The first kappa shape index (κ1) is 11.5. The van der Waals surface area contributed by atoms with Gasteiger partial charge in [0.15, 0.2) is 0 Å². The van der Waals surface area contributed by atoms with Crippen LogP contribution in [0.15, 0.2) is 0 Å². The Balaban J connectivity index is 4.11. The number of amides is 3. The summed E-state index contributed by atoms with van der Waals surface area (Å²) in [5.74, 6) is 7.80. The van der Waals surface area contributed by atoms with Gasteiger partial charge in [0.25, 0.3) is 5.91 Å². The monoisotopic (exact) mass is 188 g/mol. The van der Waals surface area contributed by atoms with Crippen molar-refractivity contribution in [1.29, 1.82) is 0 Å². The minimum atomic E-state index is -0.783. The highest BCUT2D eigenvalue weighted by atomic mass is 16.2. The number of carbonyl (C=O) groups excluding carboxylic acids is 3. The summed E-state index contributed by atoms with van der Waals surface area (Å²) in [6.07, 6.45) is -0.425. The molecule has 0 aromatic carbocycles. The van der Waals surface area contributed by atoms with Crippen LogP contribution in [-0.2, 0) is 14.4 Å². The lowest BCUT2D eigenvalue weighted by atomic mass is 10.3. The first-order valence-corrected chi connectivity index (χ1v) is 3.62. The van der Waals surface area contributed by atoms with Crippen LogP contribution in [0.2, 0.25) is 0 Å². The molecule has 74 valence electrons. The normalized spacial score (nSPS) is 9.15. The van der Waals surface area contributed by atoms with E-state index in [2.05, 4.69) is 0 Å². The zero-order valence-electron chi connectivity index (χ0n) is 7.24. The number of rotatable bonds is 3. The lowest BCUT2D eigenvalue weighted by Crippen LogP contribution is -2.45. The molecule has 0 fully saturated rings. The molecule has 13 heavy (non-hydrogen) atoms. The largest absolute Gasteiger partial charge is 0.294 e. The summed E-state index contributed by atoms with van der Waals surface area (Å²) in [6.45, 7) is 1.55. The number of hydrogen-bond acceptors (Lipinski definition) is 5. The van der Waals surface area contributed by atoms with E-state index in [4.69, 9.17) is 11.7 Å². The Morgan fingerprint density at radius 1 is 1.31 bits per heavy atom. The fourth-order valence-electron chi connectivity index (χ4n) is 0.583. The van der Waals surface area contributed by atoms with Gasteiger partial charge in [-0.05, 0) is 0 Å². The van der Waals surface area contributed by atoms with E-state index in [-0.39, 0.29) is 6.42 Å². The molecule has 0 unspecified atom stereocenters. The first-order chi connectivity index (χ1) is 6.02. The number of hydrazine groups is 2. The molecule has 0 aliphatic carbocycles. The molecule has 0 aromatic rings. The molecule has 0 bridgehead atoms. The van der Waals surface area contributed by atoms with Gasteiger partial charge >= 0.3 is 0 Å². The molecule has 3 amide bonds. The zero-order valence-corrected chi connectivity index (χ0v) is 7.24. The third-order valence-electron chi connectivity index (χ3n) is 1.31. The lowest BCUT2D eigenvalue weighted by Gasteiger charge is -2.12. The fraction of sp³-hybridized carbons (Fsp3) is 0.500. The first-order valence-electron chi connectivity index (χ1n) is 3.62. The molecular formula is C6H12N4O3. The second kappa shape index (κ2) is 5.22. The number of imide groups is 1. The Kier molecular flexibility index (Phi) is 4.63. The minimum absolute atomic E-state index is 0.104. The predicted octanol–water partition coefficient (Wildman–Crippen LogP) is -1.99. The van der Waals surface area contributed by atoms with Gasteiger partial charge in [0.1, 0.15) is 6.42 Å². The third-order valence-corrected chi connectivity index (χ3v) is 1.31. The molecule has 5 N–H and O–H groups in total. The van der Waals surface area contributed by atoms with E-state index in [1.54, 1.807) is 12.3 Å². The smallest absolute Gasteiger partial charge is 0.253 e. The Bertz CT molecular complexity index is 228. The maximum atomic E-state index is 11.0. The quantitative estimate of drug-likeness (QED) is 0.205. The van der Waals surface area contributed by atoms with Gasteiger partial charge in [0.05, 0.1) is 0 Å². The second-order valence-electron chi connectivity index (χ2n) is 2.26. The summed E-state index contributed by atoms with van der Waals surface area (Å²) in [5.41, 5.74) is 1.75. The summed E-state index contributed by atoms with van der Waals surface area (Å²) in [4.78, 5) is 32.4. The molecule has 7 heteroatoms. The molecule has 0 saturated carbocycles. The summed E-state index contributed by atoms with van der Waals surface area (Å²) in [5, 5.41) is 0.412. The van der Waals surface area contributed by atoms with E-state index in [0.717, 1.165) is 0 Å². The van der Waals surface area contributed by atoms with Crippen molar-refractivity contribution >= 4 is 17.7 Å². The van der Waals surface area contributed by atoms with E-state index in [0.29, 0.717) is 5.01 Å². The van der Waals surface area contributed by atoms with Crippen LogP contribution in [0.5, 0.6) is 0 Å². The van der Waals surface area contributed by atoms with Crippen LogP contribution in [0.25, 0.3) is 0 Å². The van der Waals surface area contributed by atoms with Crippen molar-refractivity contribution in [2.75, 3.05) is 0 Å². The van der Waals surface area contributed by atoms with Gasteiger partial charge in [0, 0.05) is 6.42 Å². The summed E-state index contributed by atoms with van der Waals surface area (Å²) in [7, 11) is 0. The Hall–Kier alpha value is -1.47. The van der Waals surface area contributed by atoms with Gasteiger partial charge in [0.2, 0.25) is 11.8 Å². The van der Waals surface area contributed by atoms with E-state index in [9.17, 15) is 14.4 Å². The van der Waals surface area contributed by atoms with Crippen molar-refractivity contribution in [3.8, 4) is 0 Å². The average molecular weight is 188 g/mol. The summed E-state index contributed by atoms with van der Waals surface area (Å²) in [6, 6.07) is 0. The topological polar surface area (TPSA) is 119 Å². The molecule has 0 rings (SSSR count). The van der Waals surface area contributed by atoms with Crippen molar-refractivity contribution in [2.24, 2.45) is 11.7 Å². The SMILES string of the molecule is CCC(=O)N(N)C(=O)CC(=O)NN. The van der Waals surface area contributed by atoms with Crippen molar-refractivity contribution in [1.82, 2.24) is 10.4 Å². The number of nitrogens with one attached hydrogen (secondary N) is 1. The van der Waals surface area contributed by atoms with Gasteiger partial charge in [-0.3, -0.25) is 19.8 Å². The van der Waals surface area contributed by atoms with Crippen molar-refractivity contribution in [2.45, 2.75) is 19.8 Å². The molecule has 0 heterocycles. The fourth-order valence-corrected chi connectivity index (χ4v) is 0.583. The highest BCUT2D eigenvalue weighted by Crippen LogP contribution is 1.91. The molecule has 0 aliphatic heterocycles. The van der Waals surface area contributed by atoms with Crippen molar-refractivity contribution in [3.05, 3.63) is 0 Å². The van der Waals surface area contributed by atoms with E-state index in [1.165, 1.54) is 0 Å². The highest BCUT2D eigenvalue weighted by molar-refractivity contribution is 6.03. The molecule has 0 aliphatic rings. The van der Waals surface area contributed by atoms with Gasteiger partial charge in [-0.1, -0.05) is 6.92 Å². The van der Waals surface area contributed by atoms with E-state index < -0.39 is 24.1 Å². The average Bonchev–Trinajstić information content (AvgIpc) is 2.14. The van der Waals surface area contributed by atoms with Crippen LogP contribution in [-0.4, -0.2) is 22.7 Å². The lowest BCUT2D eigenvalue weighted by molar-refractivity contribution is -0.146. The van der Waals surface area contributed by atoms with Crippen LogP contribution >= 0.6 is 0 Å². The Labute approximate surface area is 75.0 Å². The van der Waals surface area contributed by atoms with E-state index >= 15 is 0 Å². The van der Waals surface area contributed by atoms with Crippen LogP contribution in [0, 0.1) is 0 Å². The van der Waals surface area contributed by atoms with Crippen molar-refractivity contribution in [3.63, 3.8) is 0 Å².